The van der Waals surface area contributed by atoms with E-state index in [1.54, 1.807) is 30.3 Å². The molecule has 0 aliphatic rings. The number of ether oxygens (including phenoxy) is 2. The first-order valence-corrected chi connectivity index (χ1v) is 9.65. The summed E-state index contributed by atoms with van der Waals surface area (Å²) in [5.74, 6) is 0.955. The molecule has 0 spiro atoms. The predicted octanol–water partition coefficient (Wildman–Crippen LogP) is 6.04. The van der Waals surface area contributed by atoms with Crippen molar-refractivity contribution in [1.82, 2.24) is 0 Å². The summed E-state index contributed by atoms with van der Waals surface area (Å²) in [5, 5.41) is 3.62. The molecule has 0 heterocycles. The second kappa shape index (κ2) is 9.50. The molecule has 134 valence electrons. The zero-order valence-corrected chi connectivity index (χ0v) is 17.5. The zero-order chi connectivity index (χ0) is 18.4. The topological polar surface area (TPSA) is 47.6 Å². The Morgan fingerprint density at radius 3 is 2.52 bits per heavy atom. The fraction of sp³-hybridized carbons (Fsp3) is 0.278. The summed E-state index contributed by atoms with van der Waals surface area (Å²) in [7, 11) is 0. The lowest BCUT2D eigenvalue weighted by molar-refractivity contribution is 0.102. The Labute approximate surface area is 170 Å². The third kappa shape index (κ3) is 5.39. The lowest BCUT2D eigenvalue weighted by Crippen LogP contribution is -2.13. The van der Waals surface area contributed by atoms with Gasteiger partial charge in [0.2, 0.25) is 0 Å². The Kier molecular flexibility index (Phi) is 7.65. The fourth-order valence-electron chi connectivity index (χ4n) is 2.08. The SMILES string of the molecule is CCCOc1c(I)cc(C(=O)Nc2ccc(Cl)c(Cl)c2)cc1OCC. The van der Waals surface area contributed by atoms with Crippen LogP contribution < -0.4 is 14.8 Å². The zero-order valence-electron chi connectivity index (χ0n) is 13.9. The van der Waals surface area contributed by atoms with Crippen molar-refractivity contribution in [3.8, 4) is 11.5 Å². The first-order chi connectivity index (χ1) is 12.0. The number of anilines is 1. The summed E-state index contributed by atoms with van der Waals surface area (Å²) in [6, 6.07) is 8.38. The Morgan fingerprint density at radius 1 is 1.12 bits per heavy atom. The van der Waals surface area contributed by atoms with Gasteiger partial charge in [0.1, 0.15) is 0 Å². The highest BCUT2D eigenvalue weighted by molar-refractivity contribution is 14.1. The van der Waals surface area contributed by atoms with Gasteiger partial charge in [-0.05, 0) is 66.3 Å². The van der Waals surface area contributed by atoms with Crippen LogP contribution in [0.4, 0.5) is 5.69 Å². The fourth-order valence-corrected chi connectivity index (χ4v) is 3.14. The van der Waals surface area contributed by atoms with E-state index in [1.807, 2.05) is 13.8 Å². The van der Waals surface area contributed by atoms with Gasteiger partial charge in [-0.3, -0.25) is 4.79 Å². The van der Waals surface area contributed by atoms with E-state index in [9.17, 15) is 4.79 Å². The van der Waals surface area contributed by atoms with E-state index in [-0.39, 0.29) is 5.91 Å². The summed E-state index contributed by atoms with van der Waals surface area (Å²) >= 11 is 14.0. The monoisotopic (exact) mass is 493 g/mol. The van der Waals surface area contributed by atoms with Crippen LogP contribution in [-0.4, -0.2) is 19.1 Å². The predicted molar refractivity (Wildman–Crippen MR) is 111 cm³/mol. The molecule has 0 radical (unpaired) electrons. The van der Waals surface area contributed by atoms with Gasteiger partial charge in [-0.15, -0.1) is 0 Å². The van der Waals surface area contributed by atoms with Crippen molar-refractivity contribution in [3.63, 3.8) is 0 Å². The van der Waals surface area contributed by atoms with Gasteiger partial charge in [0, 0.05) is 11.3 Å². The van der Waals surface area contributed by atoms with Gasteiger partial charge in [0.15, 0.2) is 11.5 Å². The maximum Gasteiger partial charge on any atom is 0.255 e. The second-order valence-corrected chi connectivity index (χ2v) is 7.13. The molecule has 0 aliphatic carbocycles. The minimum atomic E-state index is -0.265. The maximum absolute atomic E-state index is 12.6. The van der Waals surface area contributed by atoms with Crippen LogP contribution in [0.5, 0.6) is 11.5 Å². The second-order valence-electron chi connectivity index (χ2n) is 5.15. The average Bonchev–Trinajstić information content (AvgIpc) is 2.57. The Morgan fingerprint density at radius 2 is 1.88 bits per heavy atom. The van der Waals surface area contributed by atoms with E-state index in [1.165, 1.54) is 0 Å². The van der Waals surface area contributed by atoms with Gasteiger partial charge >= 0.3 is 0 Å². The molecule has 0 unspecified atom stereocenters. The minimum absolute atomic E-state index is 0.265. The normalized spacial score (nSPS) is 10.4. The van der Waals surface area contributed by atoms with E-state index in [0.29, 0.717) is 46.0 Å². The van der Waals surface area contributed by atoms with Gasteiger partial charge in [0.25, 0.3) is 5.91 Å². The molecular weight excluding hydrogens is 476 g/mol. The highest BCUT2D eigenvalue weighted by atomic mass is 127. The molecule has 2 aromatic rings. The standard InChI is InChI=1S/C18H18Cl2INO3/c1-3-7-25-17-15(21)8-11(9-16(17)24-4-2)18(23)22-12-5-6-13(19)14(20)10-12/h5-6,8-10H,3-4,7H2,1-2H3,(H,22,23). The summed E-state index contributed by atoms with van der Waals surface area (Å²) in [4.78, 5) is 12.6. The molecule has 2 aromatic carbocycles. The van der Waals surface area contributed by atoms with Crippen molar-refractivity contribution < 1.29 is 14.3 Å². The lowest BCUT2D eigenvalue weighted by Gasteiger charge is -2.15. The Bertz CT molecular complexity index is 768. The van der Waals surface area contributed by atoms with E-state index in [4.69, 9.17) is 32.7 Å². The number of nitrogens with one attached hydrogen (secondary N) is 1. The average molecular weight is 494 g/mol. The van der Waals surface area contributed by atoms with Crippen molar-refractivity contribution in [2.45, 2.75) is 20.3 Å². The van der Waals surface area contributed by atoms with Crippen molar-refractivity contribution in [2.24, 2.45) is 0 Å². The molecule has 0 bridgehead atoms. The van der Waals surface area contributed by atoms with E-state index in [0.717, 1.165) is 9.99 Å². The molecule has 0 aliphatic heterocycles. The number of carbonyl (C=O) groups excluding carboxylic acids is 1. The van der Waals surface area contributed by atoms with Crippen LogP contribution in [0.2, 0.25) is 10.0 Å². The molecule has 2 rings (SSSR count). The summed E-state index contributed by atoms with van der Waals surface area (Å²) in [6.45, 7) is 4.99. The third-order valence-electron chi connectivity index (χ3n) is 3.20. The highest BCUT2D eigenvalue weighted by Gasteiger charge is 2.16. The number of halogens is 3. The number of amides is 1. The molecule has 1 N–H and O–H groups in total. The molecule has 0 saturated heterocycles. The quantitative estimate of drug-likeness (QED) is 0.478. The summed E-state index contributed by atoms with van der Waals surface area (Å²) < 4.78 is 12.2. The van der Waals surface area contributed by atoms with Crippen LogP contribution in [-0.2, 0) is 0 Å². The first kappa shape index (κ1) is 20.1. The van der Waals surface area contributed by atoms with Crippen molar-refractivity contribution >= 4 is 57.4 Å². The van der Waals surface area contributed by atoms with Gasteiger partial charge in [-0.25, -0.2) is 0 Å². The minimum Gasteiger partial charge on any atom is -0.490 e. The van der Waals surface area contributed by atoms with E-state index < -0.39 is 0 Å². The molecule has 0 fully saturated rings. The molecule has 7 heteroatoms. The first-order valence-electron chi connectivity index (χ1n) is 7.81. The molecular formula is C18H18Cl2INO3. The van der Waals surface area contributed by atoms with Gasteiger partial charge in [-0.2, -0.15) is 0 Å². The third-order valence-corrected chi connectivity index (χ3v) is 4.74. The molecule has 1 amide bonds. The Hall–Kier alpha value is -1.18. The van der Waals surface area contributed by atoms with Crippen LogP contribution in [0, 0.1) is 3.57 Å². The lowest BCUT2D eigenvalue weighted by atomic mass is 10.1. The van der Waals surface area contributed by atoms with Gasteiger partial charge < -0.3 is 14.8 Å². The number of rotatable bonds is 7. The molecule has 0 saturated carbocycles. The highest BCUT2D eigenvalue weighted by Crippen LogP contribution is 2.35. The van der Waals surface area contributed by atoms with Crippen LogP contribution in [0.25, 0.3) is 0 Å². The van der Waals surface area contributed by atoms with Crippen LogP contribution in [0.3, 0.4) is 0 Å². The smallest absolute Gasteiger partial charge is 0.255 e. The number of hydrogen-bond donors (Lipinski definition) is 1. The van der Waals surface area contributed by atoms with E-state index >= 15 is 0 Å². The van der Waals surface area contributed by atoms with Crippen LogP contribution in [0.1, 0.15) is 30.6 Å². The molecule has 25 heavy (non-hydrogen) atoms. The van der Waals surface area contributed by atoms with Crippen LogP contribution in [0.15, 0.2) is 30.3 Å². The van der Waals surface area contributed by atoms with Gasteiger partial charge in [0.05, 0.1) is 26.8 Å². The summed E-state index contributed by atoms with van der Waals surface area (Å²) in [6.07, 6.45) is 0.890. The molecule has 4 nitrogen and oxygen atoms in total. The van der Waals surface area contributed by atoms with E-state index in [2.05, 4.69) is 27.9 Å². The van der Waals surface area contributed by atoms with Crippen molar-refractivity contribution in [1.29, 1.82) is 0 Å². The van der Waals surface area contributed by atoms with Crippen molar-refractivity contribution in [3.05, 3.63) is 49.5 Å². The largest absolute Gasteiger partial charge is 0.490 e. The Balaban J connectivity index is 2.27. The van der Waals surface area contributed by atoms with Crippen molar-refractivity contribution in [2.75, 3.05) is 18.5 Å². The molecule has 0 atom stereocenters. The molecule has 0 aromatic heterocycles. The number of benzene rings is 2. The maximum atomic E-state index is 12.6. The number of hydrogen-bond acceptors (Lipinski definition) is 3. The van der Waals surface area contributed by atoms with Gasteiger partial charge in [-0.1, -0.05) is 30.1 Å². The summed E-state index contributed by atoms with van der Waals surface area (Å²) in [5.41, 5.74) is 1.04. The number of carbonyl (C=O) groups is 1. The van der Waals surface area contributed by atoms with Crippen LogP contribution >= 0.6 is 45.8 Å².